The van der Waals surface area contributed by atoms with E-state index >= 15 is 0 Å². The molecule has 68 valence electrons. The molecule has 0 aromatic rings. The molecule has 0 spiro atoms. The first-order valence-electron chi connectivity index (χ1n) is 4.55. The van der Waals surface area contributed by atoms with Crippen molar-refractivity contribution in [3.05, 3.63) is 0 Å². The summed E-state index contributed by atoms with van der Waals surface area (Å²) >= 11 is 0. The highest BCUT2D eigenvalue weighted by Crippen LogP contribution is 2.25. The van der Waals surface area contributed by atoms with Gasteiger partial charge in [-0.05, 0) is 18.8 Å². The Kier molecular flexibility index (Phi) is 4.31. The van der Waals surface area contributed by atoms with Gasteiger partial charge in [-0.25, -0.2) is 0 Å². The minimum Gasteiger partial charge on any atom is -0.260 e. The molecule has 1 aliphatic carbocycles. The maximum atomic E-state index is 11.3. The first-order valence-corrected chi connectivity index (χ1v) is 6.03. The van der Waals surface area contributed by atoms with Gasteiger partial charge in [0, 0.05) is 28.7 Å². The molecule has 0 bridgehead atoms. The van der Waals surface area contributed by atoms with E-state index in [1.54, 1.807) is 0 Å². The van der Waals surface area contributed by atoms with Gasteiger partial charge >= 0.3 is 0 Å². The molecule has 0 amide bonds. The van der Waals surface area contributed by atoms with Crippen LogP contribution in [0.15, 0.2) is 0 Å². The number of nitrogens with zero attached hydrogens (tertiary/aromatic N) is 1. The maximum Gasteiger partial charge on any atom is 0.0631 e. The number of hydrogen-bond donors (Lipinski definition) is 0. The smallest absolute Gasteiger partial charge is 0.0631 e. The van der Waals surface area contributed by atoms with Crippen molar-refractivity contribution in [2.45, 2.75) is 32.1 Å². The molecule has 1 fully saturated rings. The van der Waals surface area contributed by atoms with E-state index in [9.17, 15) is 4.21 Å². The van der Waals surface area contributed by atoms with Crippen LogP contribution in [0.3, 0.4) is 0 Å². The van der Waals surface area contributed by atoms with Gasteiger partial charge in [-0.1, -0.05) is 12.8 Å². The number of hydrogen-bond acceptors (Lipinski definition) is 2. The quantitative estimate of drug-likeness (QED) is 0.670. The summed E-state index contributed by atoms with van der Waals surface area (Å²) in [5.41, 5.74) is 0. The Morgan fingerprint density at radius 2 is 2.08 bits per heavy atom. The van der Waals surface area contributed by atoms with Crippen LogP contribution in [0.2, 0.25) is 0 Å². The Morgan fingerprint density at radius 1 is 1.42 bits per heavy atom. The normalized spacial score (nSPS) is 20.6. The van der Waals surface area contributed by atoms with Crippen molar-refractivity contribution in [1.82, 2.24) is 0 Å². The van der Waals surface area contributed by atoms with Gasteiger partial charge in [-0.2, -0.15) is 5.26 Å². The second kappa shape index (κ2) is 5.31. The second-order valence-corrected chi connectivity index (χ2v) is 4.99. The molecule has 1 aliphatic rings. The van der Waals surface area contributed by atoms with Gasteiger partial charge in [0.2, 0.25) is 0 Å². The molecule has 1 unspecified atom stereocenters. The molecule has 0 aromatic heterocycles. The average Bonchev–Trinajstić information content (AvgIpc) is 2.53. The van der Waals surface area contributed by atoms with E-state index < -0.39 is 10.8 Å². The molecule has 12 heavy (non-hydrogen) atoms. The van der Waals surface area contributed by atoms with Gasteiger partial charge in [0.05, 0.1) is 6.07 Å². The van der Waals surface area contributed by atoms with Crippen LogP contribution < -0.4 is 0 Å². The van der Waals surface area contributed by atoms with Crippen LogP contribution in [0.4, 0.5) is 0 Å². The summed E-state index contributed by atoms with van der Waals surface area (Å²) in [6.07, 6.45) is 5.55. The summed E-state index contributed by atoms with van der Waals surface area (Å²) in [5, 5.41) is 8.29. The van der Waals surface area contributed by atoms with Crippen molar-refractivity contribution >= 4 is 10.8 Å². The van der Waals surface area contributed by atoms with E-state index in [0.29, 0.717) is 18.1 Å². The highest BCUT2D eigenvalue weighted by molar-refractivity contribution is 7.84. The third-order valence-corrected chi connectivity index (χ3v) is 3.84. The van der Waals surface area contributed by atoms with Crippen molar-refractivity contribution in [3.63, 3.8) is 0 Å². The van der Waals surface area contributed by atoms with Crippen LogP contribution in [0.5, 0.6) is 0 Å². The molecular weight excluding hydrogens is 170 g/mol. The summed E-state index contributed by atoms with van der Waals surface area (Å²) < 4.78 is 11.3. The van der Waals surface area contributed by atoms with E-state index in [1.807, 2.05) is 6.07 Å². The minimum absolute atomic E-state index is 0.444. The molecule has 1 rings (SSSR count). The summed E-state index contributed by atoms with van der Waals surface area (Å²) in [7, 11) is -0.732. The van der Waals surface area contributed by atoms with Gasteiger partial charge in [0.1, 0.15) is 0 Å². The average molecular weight is 185 g/mol. The third-order valence-electron chi connectivity index (χ3n) is 2.34. The topological polar surface area (TPSA) is 40.9 Å². The van der Waals surface area contributed by atoms with Gasteiger partial charge in [-0.15, -0.1) is 0 Å². The maximum absolute atomic E-state index is 11.3. The predicted octanol–water partition coefficient (Wildman–Crippen LogP) is 1.84. The lowest BCUT2D eigenvalue weighted by Crippen LogP contribution is -2.10. The van der Waals surface area contributed by atoms with Crippen LogP contribution in [-0.2, 0) is 10.8 Å². The zero-order valence-electron chi connectivity index (χ0n) is 7.29. The molecular formula is C9H15NOS. The van der Waals surface area contributed by atoms with Gasteiger partial charge < -0.3 is 0 Å². The van der Waals surface area contributed by atoms with Crippen molar-refractivity contribution in [3.8, 4) is 6.07 Å². The standard InChI is InChI=1S/C9H15NOS/c10-6-3-7-12(11)8-9-4-1-2-5-9/h9H,1-5,7-8H2. The fraction of sp³-hybridized carbons (Fsp3) is 0.889. The zero-order chi connectivity index (χ0) is 8.81. The Hall–Kier alpha value is -0.360. The van der Waals surface area contributed by atoms with Gasteiger partial charge in [0.25, 0.3) is 0 Å². The van der Waals surface area contributed by atoms with Crippen molar-refractivity contribution in [2.24, 2.45) is 5.92 Å². The van der Waals surface area contributed by atoms with Crippen molar-refractivity contribution in [1.29, 1.82) is 5.26 Å². The van der Waals surface area contributed by atoms with Crippen LogP contribution in [0.1, 0.15) is 32.1 Å². The molecule has 0 saturated heterocycles. The van der Waals surface area contributed by atoms with Gasteiger partial charge in [-0.3, -0.25) is 4.21 Å². The summed E-state index contributed by atoms with van der Waals surface area (Å²) in [5.74, 6) is 2.10. The Balaban J connectivity index is 2.13. The lowest BCUT2D eigenvalue weighted by molar-refractivity contribution is 0.604. The Morgan fingerprint density at radius 3 is 2.67 bits per heavy atom. The molecule has 0 radical (unpaired) electrons. The second-order valence-electron chi connectivity index (χ2n) is 3.37. The third kappa shape index (κ3) is 3.36. The highest BCUT2D eigenvalue weighted by Gasteiger charge is 2.17. The zero-order valence-corrected chi connectivity index (χ0v) is 8.11. The molecule has 1 atom stereocenters. The first kappa shape index (κ1) is 9.73. The molecule has 0 N–H and O–H groups in total. The molecule has 3 heteroatoms. The molecule has 0 heterocycles. The lowest BCUT2D eigenvalue weighted by atomic mass is 10.1. The van der Waals surface area contributed by atoms with Crippen molar-refractivity contribution < 1.29 is 4.21 Å². The molecule has 0 aromatic carbocycles. The highest BCUT2D eigenvalue weighted by atomic mass is 32.2. The van der Waals surface area contributed by atoms with Crippen LogP contribution in [0.25, 0.3) is 0 Å². The van der Waals surface area contributed by atoms with Crippen LogP contribution in [0, 0.1) is 17.2 Å². The first-order chi connectivity index (χ1) is 5.83. The fourth-order valence-electron chi connectivity index (χ4n) is 1.68. The largest absolute Gasteiger partial charge is 0.260 e. The Labute approximate surface area is 76.4 Å². The predicted molar refractivity (Wildman–Crippen MR) is 50.1 cm³/mol. The van der Waals surface area contributed by atoms with Crippen LogP contribution in [-0.4, -0.2) is 15.7 Å². The van der Waals surface area contributed by atoms with Gasteiger partial charge in [0.15, 0.2) is 0 Å². The van der Waals surface area contributed by atoms with E-state index in [4.69, 9.17) is 5.26 Å². The number of nitriles is 1. The van der Waals surface area contributed by atoms with E-state index in [-0.39, 0.29) is 0 Å². The number of rotatable bonds is 4. The molecule has 1 saturated carbocycles. The molecule has 0 aliphatic heterocycles. The fourth-order valence-corrected chi connectivity index (χ4v) is 3.03. The van der Waals surface area contributed by atoms with E-state index in [2.05, 4.69) is 0 Å². The van der Waals surface area contributed by atoms with E-state index in [0.717, 1.165) is 5.75 Å². The monoisotopic (exact) mass is 185 g/mol. The van der Waals surface area contributed by atoms with Crippen LogP contribution >= 0.6 is 0 Å². The van der Waals surface area contributed by atoms with Crippen molar-refractivity contribution in [2.75, 3.05) is 11.5 Å². The van der Waals surface area contributed by atoms with E-state index in [1.165, 1.54) is 25.7 Å². The lowest BCUT2D eigenvalue weighted by Gasteiger charge is -2.06. The minimum atomic E-state index is -0.732. The Bertz CT molecular complexity index is 191. The summed E-state index contributed by atoms with van der Waals surface area (Å²) in [4.78, 5) is 0. The SMILES string of the molecule is N#CCCS(=O)CC1CCCC1. The molecule has 2 nitrogen and oxygen atoms in total. The summed E-state index contributed by atoms with van der Waals surface area (Å²) in [6, 6.07) is 2.03. The summed E-state index contributed by atoms with van der Waals surface area (Å²) in [6.45, 7) is 0.